The third kappa shape index (κ3) is 2.69. The highest BCUT2D eigenvalue weighted by Crippen LogP contribution is 2.28. The molecule has 15 heavy (non-hydrogen) atoms. The van der Waals surface area contributed by atoms with E-state index in [0.717, 1.165) is 6.42 Å². The maximum Gasteiger partial charge on any atom is 0.205 e. The molecule has 4 N–H and O–H groups in total. The van der Waals surface area contributed by atoms with Crippen LogP contribution in [0.3, 0.4) is 0 Å². The van der Waals surface area contributed by atoms with Crippen molar-refractivity contribution in [3.63, 3.8) is 0 Å². The van der Waals surface area contributed by atoms with E-state index in [1.807, 2.05) is 0 Å². The highest BCUT2D eigenvalue weighted by Gasteiger charge is 2.12. The molecule has 0 bridgehead atoms. The number of hydrogen-bond acceptors (Lipinski definition) is 6. The van der Waals surface area contributed by atoms with Crippen LogP contribution in [-0.4, -0.2) is 23.1 Å². The molecule has 0 saturated carbocycles. The second-order valence-corrected chi connectivity index (χ2v) is 3.20. The summed E-state index contributed by atoms with van der Waals surface area (Å²) in [5.74, 6) is 6.96. The van der Waals surface area contributed by atoms with Gasteiger partial charge in [0.15, 0.2) is 11.6 Å². The first-order valence-electron chi connectivity index (χ1n) is 4.85. The largest absolute Gasteiger partial charge is 0.490 e. The first-order valence-corrected chi connectivity index (χ1v) is 4.85. The lowest BCUT2D eigenvalue weighted by Crippen LogP contribution is -2.17. The Kier molecular flexibility index (Phi) is 4.11. The van der Waals surface area contributed by atoms with Crippen molar-refractivity contribution < 1.29 is 4.74 Å². The van der Waals surface area contributed by atoms with Crippen molar-refractivity contribution in [1.82, 2.24) is 9.97 Å². The summed E-state index contributed by atoms with van der Waals surface area (Å²) in [5, 5.41) is 3.21. The lowest BCUT2D eigenvalue weighted by Gasteiger charge is -2.16. The molecule has 84 valence electrons. The lowest BCUT2D eigenvalue weighted by atomic mass is 10.2. The van der Waals surface area contributed by atoms with Gasteiger partial charge in [-0.3, -0.25) is 0 Å². The van der Waals surface area contributed by atoms with Crippen LogP contribution in [0, 0.1) is 0 Å². The Labute approximate surface area is 89.2 Å². The molecule has 0 aliphatic carbocycles. The molecule has 6 heteroatoms. The van der Waals surface area contributed by atoms with Gasteiger partial charge < -0.3 is 15.5 Å². The van der Waals surface area contributed by atoms with Gasteiger partial charge >= 0.3 is 0 Å². The molecule has 1 rings (SSSR count). The van der Waals surface area contributed by atoms with Gasteiger partial charge in [0.05, 0.1) is 7.11 Å². The first kappa shape index (κ1) is 11.5. The van der Waals surface area contributed by atoms with E-state index >= 15 is 0 Å². The van der Waals surface area contributed by atoms with Gasteiger partial charge in [-0.25, -0.2) is 15.8 Å². The predicted octanol–water partition coefficient (Wildman–Crippen LogP) is 0.981. The molecule has 0 amide bonds. The maximum atomic E-state index is 5.31. The van der Waals surface area contributed by atoms with Crippen molar-refractivity contribution in [3.8, 4) is 5.75 Å². The fourth-order valence-corrected chi connectivity index (χ4v) is 1.11. The Balaban J connectivity index is 2.95. The molecule has 1 aromatic rings. The van der Waals surface area contributed by atoms with Crippen LogP contribution in [0.15, 0.2) is 6.33 Å². The zero-order chi connectivity index (χ0) is 11.3. The fraction of sp³-hybridized carbons (Fsp3) is 0.556. The van der Waals surface area contributed by atoms with Crippen molar-refractivity contribution in [1.29, 1.82) is 0 Å². The lowest BCUT2D eigenvalue weighted by molar-refractivity contribution is 0.414. The first-order chi connectivity index (χ1) is 7.22. The molecule has 0 aliphatic rings. The minimum Gasteiger partial charge on any atom is -0.490 e. The van der Waals surface area contributed by atoms with Crippen molar-refractivity contribution in [2.45, 2.75) is 26.3 Å². The van der Waals surface area contributed by atoms with E-state index < -0.39 is 0 Å². The maximum absolute atomic E-state index is 5.31. The van der Waals surface area contributed by atoms with E-state index in [1.54, 1.807) is 7.11 Å². The SMILES string of the molecule is CCC(C)Nc1ncnc(NN)c1OC. The van der Waals surface area contributed by atoms with Crippen molar-refractivity contribution in [2.24, 2.45) is 5.84 Å². The highest BCUT2D eigenvalue weighted by atomic mass is 16.5. The normalized spacial score (nSPS) is 12.0. The second-order valence-electron chi connectivity index (χ2n) is 3.20. The fourth-order valence-electron chi connectivity index (χ4n) is 1.11. The van der Waals surface area contributed by atoms with Crippen LogP contribution in [0.1, 0.15) is 20.3 Å². The Morgan fingerprint density at radius 3 is 2.67 bits per heavy atom. The number of nitrogen functional groups attached to an aromatic ring is 1. The number of hydrogen-bond donors (Lipinski definition) is 3. The van der Waals surface area contributed by atoms with E-state index in [-0.39, 0.29) is 0 Å². The number of hydrazine groups is 1. The summed E-state index contributed by atoms with van der Waals surface area (Å²) >= 11 is 0. The predicted molar refractivity (Wildman–Crippen MR) is 59.8 cm³/mol. The van der Waals surface area contributed by atoms with Crippen molar-refractivity contribution in [2.75, 3.05) is 17.9 Å². The number of ether oxygens (including phenoxy) is 1. The zero-order valence-electron chi connectivity index (χ0n) is 9.24. The second kappa shape index (κ2) is 5.35. The molecule has 0 spiro atoms. The van der Waals surface area contributed by atoms with E-state index in [1.165, 1.54) is 6.33 Å². The topological polar surface area (TPSA) is 85.1 Å². The average Bonchev–Trinajstić information content (AvgIpc) is 2.28. The van der Waals surface area contributed by atoms with Gasteiger partial charge in [-0.15, -0.1) is 0 Å². The molecule has 0 aliphatic heterocycles. The highest BCUT2D eigenvalue weighted by molar-refractivity contribution is 5.63. The molecule has 6 nitrogen and oxygen atoms in total. The molecule has 0 fully saturated rings. The summed E-state index contributed by atoms with van der Waals surface area (Å²) in [6.07, 6.45) is 2.43. The van der Waals surface area contributed by atoms with E-state index in [2.05, 4.69) is 34.6 Å². The molecule has 0 saturated heterocycles. The smallest absolute Gasteiger partial charge is 0.205 e. The molecular formula is C9H17N5O. The Bertz CT molecular complexity index is 317. The minimum absolute atomic E-state index is 0.319. The summed E-state index contributed by atoms with van der Waals surface area (Å²) in [4.78, 5) is 8.05. The number of nitrogens with one attached hydrogen (secondary N) is 2. The van der Waals surface area contributed by atoms with E-state index in [0.29, 0.717) is 23.4 Å². The van der Waals surface area contributed by atoms with Crippen LogP contribution in [0.5, 0.6) is 5.75 Å². The van der Waals surface area contributed by atoms with Gasteiger partial charge in [-0.2, -0.15) is 0 Å². The molecule has 1 unspecified atom stereocenters. The molecule has 1 atom stereocenters. The summed E-state index contributed by atoms with van der Waals surface area (Å²) < 4.78 is 5.18. The van der Waals surface area contributed by atoms with Gasteiger partial charge in [0.1, 0.15) is 6.33 Å². The van der Waals surface area contributed by atoms with Crippen LogP contribution in [-0.2, 0) is 0 Å². The molecule has 1 aromatic heterocycles. The van der Waals surface area contributed by atoms with Crippen LogP contribution in [0.2, 0.25) is 0 Å². The van der Waals surface area contributed by atoms with Gasteiger partial charge in [0, 0.05) is 6.04 Å². The Morgan fingerprint density at radius 1 is 1.47 bits per heavy atom. The molecule has 0 radical (unpaired) electrons. The zero-order valence-corrected chi connectivity index (χ0v) is 9.24. The van der Waals surface area contributed by atoms with Gasteiger partial charge in [0.2, 0.25) is 5.75 Å². The summed E-state index contributed by atoms with van der Waals surface area (Å²) in [7, 11) is 1.56. The standard InChI is InChI=1S/C9H17N5O/c1-4-6(2)13-8-7(15-3)9(14-10)12-5-11-8/h5-6H,4,10H2,1-3H3,(H2,11,12,13,14). The number of nitrogens with zero attached hydrogens (tertiary/aromatic N) is 2. The van der Waals surface area contributed by atoms with Crippen LogP contribution in [0.25, 0.3) is 0 Å². The number of rotatable bonds is 5. The number of methoxy groups -OCH3 is 1. The Hall–Kier alpha value is -1.56. The van der Waals surface area contributed by atoms with Gasteiger partial charge in [0.25, 0.3) is 0 Å². The van der Waals surface area contributed by atoms with Crippen molar-refractivity contribution in [3.05, 3.63) is 6.33 Å². The summed E-state index contributed by atoms with van der Waals surface area (Å²) in [6.45, 7) is 4.16. The molecule has 0 aromatic carbocycles. The molecular weight excluding hydrogens is 194 g/mol. The average molecular weight is 211 g/mol. The third-order valence-corrected chi connectivity index (χ3v) is 2.14. The van der Waals surface area contributed by atoms with Crippen molar-refractivity contribution >= 4 is 11.6 Å². The van der Waals surface area contributed by atoms with E-state index in [4.69, 9.17) is 10.6 Å². The van der Waals surface area contributed by atoms with Crippen LogP contribution >= 0.6 is 0 Å². The van der Waals surface area contributed by atoms with E-state index in [9.17, 15) is 0 Å². The van der Waals surface area contributed by atoms with Crippen LogP contribution in [0.4, 0.5) is 11.6 Å². The van der Waals surface area contributed by atoms with Crippen LogP contribution < -0.4 is 21.3 Å². The number of aromatic nitrogens is 2. The summed E-state index contributed by atoms with van der Waals surface area (Å²) in [6, 6.07) is 0.319. The molecule has 1 heterocycles. The number of anilines is 2. The Morgan fingerprint density at radius 2 is 2.13 bits per heavy atom. The number of nitrogens with two attached hydrogens (primary N) is 1. The monoisotopic (exact) mass is 211 g/mol. The van der Waals surface area contributed by atoms with Gasteiger partial charge in [-0.1, -0.05) is 6.92 Å². The summed E-state index contributed by atoms with van der Waals surface area (Å²) in [5.41, 5.74) is 2.46. The minimum atomic E-state index is 0.319. The quantitative estimate of drug-likeness (QED) is 0.497. The van der Waals surface area contributed by atoms with Gasteiger partial charge in [-0.05, 0) is 13.3 Å². The third-order valence-electron chi connectivity index (χ3n) is 2.14.